The summed E-state index contributed by atoms with van der Waals surface area (Å²) in [6.07, 6.45) is 0.269. The van der Waals surface area contributed by atoms with Crippen LogP contribution in [-0.2, 0) is 9.53 Å². The summed E-state index contributed by atoms with van der Waals surface area (Å²) in [4.78, 5) is 24.2. The van der Waals surface area contributed by atoms with Crippen LogP contribution in [-0.4, -0.2) is 42.6 Å². The highest BCUT2D eigenvalue weighted by molar-refractivity contribution is 5.81. The molecule has 0 fully saturated rings. The number of carbonyl (C=O) groups is 2. The van der Waals surface area contributed by atoms with Crippen LogP contribution in [0, 0.1) is 11.3 Å². The number of ether oxygens (including phenoxy) is 1. The zero-order valence-electron chi connectivity index (χ0n) is 10.5. The molecule has 0 heterocycles. The van der Waals surface area contributed by atoms with Crippen molar-refractivity contribution < 1.29 is 14.3 Å². The van der Waals surface area contributed by atoms with Crippen molar-refractivity contribution in [2.75, 3.05) is 19.7 Å². The quantitative estimate of drug-likeness (QED) is 0.700. The summed E-state index contributed by atoms with van der Waals surface area (Å²) in [5.41, 5.74) is 0. The predicted molar refractivity (Wildman–Crippen MR) is 62.1 cm³/mol. The van der Waals surface area contributed by atoms with E-state index in [1.54, 1.807) is 6.92 Å². The predicted octanol–water partition coefficient (Wildman–Crippen LogP) is 0.883. The summed E-state index contributed by atoms with van der Waals surface area (Å²) >= 11 is 0. The fourth-order valence-corrected chi connectivity index (χ4v) is 1.23. The third-order valence-electron chi connectivity index (χ3n) is 2.04. The molecule has 0 aliphatic carbocycles. The van der Waals surface area contributed by atoms with Crippen LogP contribution < -0.4 is 5.32 Å². The van der Waals surface area contributed by atoms with E-state index in [1.807, 2.05) is 19.9 Å². The largest absolute Gasteiger partial charge is 0.465 e. The van der Waals surface area contributed by atoms with E-state index >= 15 is 0 Å². The lowest BCUT2D eigenvalue weighted by Gasteiger charge is -2.25. The van der Waals surface area contributed by atoms with Gasteiger partial charge < -0.3 is 15.0 Å². The minimum absolute atomic E-state index is 0.0226. The lowest BCUT2D eigenvalue weighted by molar-refractivity contribution is -0.141. The second-order valence-corrected chi connectivity index (χ2v) is 3.66. The first kappa shape index (κ1) is 15.2. The van der Waals surface area contributed by atoms with Crippen molar-refractivity contribution in [3.8, 4) is 6.07 Å². The average Bonchev–Trinajstić information content (AvgIpc) is 2.27. The molecule has 0 spiro atoms. The van der Waals surface area contributed by atoms with Gasteiger partial charge >= 0.3 is 12.0 Å². The highest BCUT2D eigenvalue weighted by Gasteiger charge is 2.17. The molecule has 6 nitrogen and oxygen atoms in total. The van der Waals surface area contributed by atoms with Crippen LogP contribution in [0.5, 0.6) is 0 Å². The summed E-state index contributed by atoms with van der Waals surface area (Å²) < 4.78 is 4.69. The zero-order valence-corrected chi connectivity index (χ0v) is 10.5. The van der Waals surface area contributed by atoms with Crippen LogP contribution in [0.3, 0.4) is 0 Å². The molecule has 1 N–H and O–H groups in total. The molecule has 0 saturated heterocycles. The van der Waals surface area contributed by atoms with Gasteiger partial charge in [-0.3, -0.25) is 4.79 Å². The molecule has 17 heavy (non-hydrogen) atoms. The van der Waals surface area contributed by atoms with Gasteiger partial charge in [0.15, 0.2) is 0 Å². The Morgan fingerprint density at radius 1 is 1.47 bits per heavy atom. The Hall–Kier alpha value is -1.77. The van der Waals surface area contributed by atoms with Gasteiger partial charge in [-0.05, 0) is 20.8 Å². The molecule has 0 aliphatic rings. The lowest BCUT2D eigenvalue weighted by atomic mass is 10.3. The van der Waals surface area contributed by atoms with Gasteiger partial charge in [0.2, 0.25) is 0 Å². The third-order valence-corrected chi connectivity index (χ3v) is 2.04. The van der Waals surface area contributed by atoms with Crippen molar-refractivity contribution in [3.05, 3.63) is 0 Å². The minimum atomic E-state index is -0.468. The zero-order chi connectivity index (χ0) is 13.3. The Labute approximate surface area is 102 Å². The van der Waals surface area contributed by atoms with Gasteiger partial charge in [0.1, 0.15) is 6.54 Å². The first-order valence-corrected chi connectivity index (χ1v) is 5.60. The fourth-order valence-electron chi connectivity index (χ4n) is 1.23. The number of amides is 2. The Kier molecular flexibility index (Phi) is 7.52. The van der Waals surface area contributed by atoms with Crippen molar-refractivity contribution in [2.45, 2.75) is 33.2 Å². The van der Waals surface area contributed by atoms with Gasteiger partial charge in [0.05, 0.1) is 19.1 Å². The second-order valence-electron chi connectivity index (χ2n) is 3.66. The molecule has 0 atom stereocenters. The van der Waals surface area contributed by atoms with E-state index in [0.29, 0.717) is 6.54 Å². The number of esters is 1. The molecule has 0 aromatic rings. The van der Waals surface area contributed by atoms with Crippen molar-refractivity contribution in [2.24, 2.45) is 0 Å². The smallest absolute Gasteiger partial charge is 0.325 e. The van der Waals surface area contributed by atoms with E-state index in [1.165, 1.54) is 4.90 Å². The Morgan fingerprint density at radius 3 is 2.59 bits per heavy atom. The van der Waals surface area contributed by atoms with E-state index < -0.39 is 5.97 Å². The average molecular weight is 241 g/mol. The number of nitrogens with one attached hydrogen (secondary N) is 1. The van der Waals surface area contributed by atoms with Gasteiger partial charge in [0.25, 0.3) is 0 Å². The highest BCUT2D eigenvalue weighted by atomic mass is 16.5. The maximum Gasteiger partial charge on any atom is 0.325 e. The highest BCUT2D eigenvalue weighted by Crippen LogP contribution is 2.00. The number of nitriles is 1. The topological polar surface area (TPSA) is 82.4 Å². The molecule has 0 aromatic heterocycles. The molecule has 0 bridgehead atoms. The van der Waals surface area contributed by atoms with Crippen LogP contribution in [0.25, 0.3) is 0 Å². The van der Waals surface area contributed by atoms with Crippen molar-refractivity contribution in [1.29, 1.82) is 5.26 Å². The maximum absolute atomic E-state index is 11.7. The molecule has 0 aliphatic heterocycles. The monoisotopic (exact) mass is 241 g/mol. The molecule has 96 valence electrons. The maximum atomic E-state index is 11.7. The van der Waals surface area contributed by atoms with E-state index in [9.17, 15) is 9.59 Å². The first-order chi connectivity index (χ1) is 8.02. The molecule has 6 heteroatoms. The van der Waals surface area contributed by atoms with Crippen molar-refractivity contribution in [1.82, 2.24) is 10.2 Å². The van der Waals surface area contributed by atoms with Gasteiger partial charge in [-0.1, -0.05) is 0 Å². The molecular formula is C11H19N3O3. The molecular weight excluding hydrogens is 222 g/mol. The Balaban J connectivity index is 4.15. The summed E-state index contributed by atoms with van der Waals surface area (Å²) in [5.74, 6) is -0.468. The van der Waals surface area contributed by atoms with Crippen molar-refractivity contribution in [3.63, 3.8) is 0 Å². The number of hydrogen-bond donors (Lipinski definition) is 1. The SMILES string of the molecule is CCOC(=O)CNC(=O)N(CCC#N)C(C)C. The number of carbonyl (C=O) groups excluding carboxylic acids is 2. The van der Waals surface area contributed by atoms with Gasteiger partial charge in [-0.15, -0.1) is 0 Å². The van der Waals surface area contributed by atoms with E-state index in [0.717, 1.165) is 0 Å². The number of nitrogens with zero attached hydrogens (tertiary/aromatic N) is 2. The van der Waals surface area contributed by atoms with Crippen LogP contribution in [0.1, 0.15) is 27.2 Å². The van der Waals surface area contributed by atoms with E-state index in [-0.39, 0.29) is 31.6 Å². The van der Waals surface area contributed by atoms with Crippen LogP contribution >= 0.6 is 0 Å². The summed E-state index contributed by atoms with van der Waals surface area (Å²) in [5, 5.41) is 10.9. The van der Waals surface area contributed by atoms with Gasteiger partial charge in [-0.25, -0.2) is 4.79 Å². The van der Waals surface area contributed by atoms with Crippen molar-refractivity contribution >= 4 is 12.0 Å². The van der Waals surface area contributed by atoms with Gasteiger partial charge in [0, 0.05) is 12.6 Å². The Morgan fingerprint density at radius 2 is 2.12 bits per heavy atom. The third kappa shape index (κ3) is 6.40. The van der Waals surface area contributed by atoms with Crippen LogP contribution in [0.2, 0.25) is 0 Å². The fraction of sp³-hybridized carbons (Fsp3) is 0.727. The summed E-state index contributed by atoms with van der Waals surface area (Å²) in [6, 6.07) is 1.60. The molecule has 2 amide bonds. The molecule has 0 saturated carbocycles. The number of hydrogen-bond acceptors (Lipinski definition) is 4. The van der Waals surface area contributed by atoms with Gasteiger partial charge in [-0.2, -0.15) is 5.26 Å². The number of urea groups is 1. The number of rotatable bonds is 6. The molecule has 0 unspecified atom stereocenters. The normalized spacial score (nSPS) is 9.59. The summed E-state index contributed by atoms with van der Waals surface area (Å²) in [7, 11) is 0. The molecule has 0 aromatic carbocycles. The standard InChI is InChI=1S/C11H19N3O3/c1-4-17-10(15)8-13-11(16)14(9(2)3)7-5-6-12/h9H,4-5,7-8H2,1-3H3,(H,13,16). The van der Waals surface area contributed by atoms with Crippen LogP contribution in [0.15, 0.2) is 0 Å². The second kappa shape index (κ2) is 8.39. The minimum Gasteiger partial charge on any atom is -0.465 e. The van der Waals surface area contributed by atoms with E-state index in [4.69, 9.17) is 5.26 Å². The van der Waals surface area contributed by atoms with E-state index in [2.05, 4.69) is 10.1 Å². The summed E-state index contributed by atoms with van der Waals surface area (Å²) in [6.45, 7) is 5.89. The molecule has 0 radical (unpaired) electrons. The first-order valence-electron chi connectivity index (χ1n) is 5.60. The van der Waals surface area contributed by atoms with Crippen LogP contribution in [0.4, 0.5) is 4.79 Å². The lowest BCUT2D eigenvalue weighted by Crippen LogP contribution is -2.46. The Bertz CT molecular complexity index is 297. The molecule has 0 rings (SSSR count).